The van der Waals surface area contributed by atoms with Gasteiger partial charge in [0, 0.05) is 18.1 Å². The minimum absolute atomic E-state index is 0.462. The number of urea groups is 1. The van der Waals surface area contributed by atoms with Crippen LogP contribution >= 0.6 is 11.6 Å². The van der Waals surface area contributed by atoms with Crippen molar-refractivity contribution in [2.45, 2.75) is 13.0 Å². The number of nitrogens with one attached hydrogen (secondary N) is 2. The zero-order valence-corrected chi connectivity index (χ0v) is 15.5. The van der Waals surface area contributed by atoms with Gasteiger partial charge in [0.05, 0.1) is 30.6 Å². The summed E-state index contributed by atoms with van der Waals surface area (Å²) < 4.78 is 31.8. The lowest BCUT2D eigenvalue weighted by molar-refractivity contribution is 0.123. The van der Waals surface area contributed by atoms with Crippen molar-refractivity contribution in [1.82, 2.24) is 5.32 Å². The Morgan fingerprint density at radius 2 is 1.89 bits per heavy atom. The van der Waals surface area contributed by atoms with Gasteiger partial charge in [0.15, 0.2) is 11.6 Å². The predicted molar refractivity (Wildman–Crippen MR) is 101 cm³/mol. The molecule has 1 aliphatic rings. The van der Waals surface area contributed by atoms with Crippen LogP contribution in [0.3, 0.4) is 0 Å². The number of rotatable bonds is 4. The molecule has 27 heavy (non-hydrogen) atoms. The van der Waals surface area contributed by atoms with E-state index in [0.29, 0.717) is 42.6 Å². The van der Waals surface area contributed by atoms with Crippen LogP contribution in [0.25, 0.3) is 0 Å². The fourth-order valence-corrected chi connectivity index (χ4v) is 3.08. The second kappa shape index (κ2) is 8.54. The predicted octanol–water partition coefficient (Wildman–Crippen LogP) is 4.34. The molecular weight excluding hydrogens is 376 g/mol. The van der Waals surface area contributed by atoms with E-state index in [0.717, 1.165) is 17.8 Å². The third-order valence-electron chi connectivity index (χ3n) is 4.35. The number of amides is 2. The zero-order valence-electron chi connectivity index (χ0n) is 14.8. The van der Waals surface area contributed by atoms with Crippen molar-refractivity contribution < 1.29 is 18.3 Å². The SMILES string of the molecule is C[C@H](NC(=O)Nc1cc(Cl)ccc1N1CCOCC1)c1ccc(F)c(F)c1. The number of anilines is 2. The molecule has 8 heteroatoms. The molecule has 3 rings (SSSR count). The van der Waals surface area contributed by atoms with Gasteiger partial charge in [-0.25, -0.2) is 13.6 Å². The Hall–Kier alpha value is -2.38. The summed E-state index contributed by atoms with van der Waals surface area (Å²) in [4.78, 5) is 14.5. The largest absolute Gasteiger partial charge is 0.378 e. The fourth-order valence-electron chi connectivity index (χ4n) is 2.91. The van der Waals surface area contributed by atoms with E-state index in [-0.39, 0.29) is 0 Å². The minimum atomic E-state index is -0.953. The number of nitrogens with zero attached hydrogens (tertiary/aromatic N) is 1. The lowest BCUT2D eigenvalue weighted by atomic mass is 10.1. The van der Waals surface area contributed by atoms with Crippen LogP contribution in [0, 0.1) is 11.6 Å². The maximum absolute atomic E-state index is 13.4. The maximum atomic E-state index is 13.4. The summed E-state index contributed by atoms with van der Waals surface area (Å²) >= 11 is 6.08. The van der Waals surface area contributed by atoms with Crippen LogP contribution in [-0.4, -0.2) is 32.3 Å². The zero-order chi connectivity index (χ0) is 19.4. The first-order valence-corrected chi connectivity index (χ1v) is 8.96. The molecule has 2 aromatic carbocycles. The third-order valence-corrected chi connectivity index (χ3v) is 4.58. The molecule has 1 heterocycles. The highest BCUT2D eigenvalue weighted by Gasteiger charge is 2.18. The number of halogens is 3. The first-order chi connectivity index (χ1) is 12.9. The summed E-state index contributed by atoms with van der Waals surface area (Å²) in [6.45, 7) is 4.34. The average molecular weight is 396 g/mol. The first kappa shape index (κ1) is 19.4. The monoisotopic (exact) mass is 395 g/mol. The Bertz CT molecular complexity index is 829. The van der Waals surface area contributed by atoms with Crippen LogP contribution in [0.5, 0.6) is 0 Å². The highest BCUT2D eigenvalue weighted by Crippen LogP contribution is 2.30. The topological polar surface area (TPSA) is 53.6 Å². The van der Waals surface area contributed by atoms with E-state index < -0.39 is 23.7 Å². The summed E-state index contributed by atoms with van der Waals surface area (Å²) in [6.07, 6.45) is 0. The van der Waals surface area contributed by atoms with Crippen molar-refractivity contribution in [1.29, 1.82) is 0 Å². The van der Waals surface area contributed by atoms with Gasteiger partial charge >= 0.3 is 6.03 Å². The van der Waals surface area contributed by atoms with Crippen molar-refractivity contribution in [2.75, 3.05) is 36.5 Å². The van der Waals surface area contributed by atoms with Gasteiger partial charge in [0.25, 0.3) is 0 Å². The first-order valence-electron chi connectivity index (χ1n) is 8.59. The summed E-state index contributed by atoms with van der Waals surface area (Å²) in [5.41, 5.74) is 1.88. The molecule has 2 N–H and O–H groups in total. The van der Waals surface area contributed by atoms with Crippen molar-refractivity contribution in [3.8, 4) is 0 Å². The molecule has 0 unspecified atom stereocenters. The van der Waals surface area contributed by atoms with Crippen LogP contribution in [0.4, 0.5) is 25.0 Å². The number of morpholine rings is 1. The minimum Gasteiger partial charge on any atom is -0.378 e. The lowest BCUT2D eigenvalue weighted by Gasteiger charge is -2.30. The molecule has 5 nitrogen and oxygen atoms in total. The van der Waals surface area contributed by atoms with E-state index in [1.165, 1.54) is 6.07 Å². The van der Waals surface area contributed by atoms with Gasteiger partial charge in [-0.3, -0.25) is 0 Å². The number of hydrogen-bond donors (Lipinski definition) is 2. The molecule has 0 bridgehead atoms. The van der Waals surface area contributed by atoms with E-state index >= 15 is 0 Å². The smallest absolute Gasteiger partial charge is 0.319 e. The van der Waals surface area contributed by atoms with Crippen molar-refractivity contribution >= 4 is 29.0 Å². The summed E-state index contributed by atoms with van der Waals surface area (Å²) in [5.74, 6) is -1.88. The van der Waals surface area contributed by atoms with E-state index in [9.17, 15) is 13.6 Å². The normalized spacial score (nSPS) is 15.3. The number of carbonyl (C=O) groups is 1. The van der Waals surface area contributed by atoms with Gasteiger partial charge in [-0.05, 0) is 42.8 Å². The molecule has 0 spiro atoms. The van der Waals surface area contributed by atoms with Crippen LogP contribution in [0.1, 0.15) is 18.5 Å². The van der Waals surface area contributed by atoms with Gasteiger partial charge < -0.3 is 20.3 Å². The van der Waals surface area contributed by atoms with Crippen LogP contribution < -0.4 is 15.5 Å². The molecule has 2 amide bonds. The molecule has 1 aliphatic heterocycles. The third kappa shape index (κ3) is 4.87. The molecule has 1 fully saturated rings. The van der Waals surface area contributed by atoms with Crippen molar-refractivity contribution in [3.05, 3.63) is 58.6 Å². The lowest BCUT2D eigenvalue weighted by Crippen LogP contribution is -2.37. The van der Waals surface area contributed by atoms with Gasteiger partial charge in [-0.2, -0.15) is 0 Å². The second-order valence-electron chi connectivity index (χ2n) is 6.25. The second-order valence-corrected chi connectivity index (χ2v) is 6.69. The quantitative estimate of drug-likeness (QED) is 0.809. The number of carbonyl (C=O) groups excluding carboxylic acids is 1. The molecular formula is C19H20ClF2N3O2. The van der Waals surface area contributed by atoms with E-state index in [2.05, 4.69) is 15.5 Å². The van der Waals surface area contributed by atoms with Crippen molar-refractivity contribution in [2.24, 2.45) is 0 Å². The molecule has 2 aromatic rings. The Balaban J connectivity index is 1.71. The molecule has 0 radical (unpaired) electrons. The molecule has 1 saturated heterocycles. The Kier molecular flexibility index (Phi) is 6.13. The Morgan fingerprint density at radius 3 is 2.59 bits per heavy atom. The number of hydrogen-bond acceptors (Lipinski definition) is 3. The van der Waals surface area contributed by atoms with E-state index in [1.807, 2.05) is 6.07 Å². The summed E-state index contributed by atoms with van der Waals surface area (Å²) in [6, 6.07) is 7.85. The number of benzene rings is 2. The molecule has 0 saturated carbocycles. The molecule has 144 valence electrons. The standard InChI is InChI=1S/C19H20ClF2N3O2/c1-12(13-2-4-15(21)16(22)10-13)23-19(26)24-17-11-14(20)3-5-18(17)25-6-8-27-9-7-25/h2-5,10-12H,6-9H2,1H3,(H2,23,24,26)/t12-/m0/s1. The van der Waals surface area contributed by atoms with Crippen LogP contribution in [0.15, 0.2) is 36.4 Å². The van der Waals surface area contributed by atoms with Crippen molar-refractivity contribution in [3.63, 3.8) is 0 Å². The maximum Gasteiger partial charge on any atom is 0.319 e. The van der Waals surface area contributed by atoms with Gasteiger partial charge in [-0.15, -0.1) is 0 Å². The average Bonchev–Trinajstić information content (AvgIpc) is 2.64. The molecule has 0 aliphatic carbocycles. The van der Waals surface area contributed by atoms with E-state index in [1.54, 1.807) is 19.1 Å². The summed E-state index contributed by atoms with van der Waals surface area (Å²) in [7, 11) is 0. The Morgan fingerprint density at radius 1 is 1.15 bits per heavy atom. The van der Waals surface area contributed by atoms with Gasteiger partial charge in [-0.1, -0.05) is 17.7 Å². The van der Waals surface area contributed by atoms with Crippen LogP contribution in [-0.2, 0) is 4.74 Å². The number of ether oxygens (including phenoxy) is 1. The fraction of sp³-hybridized carbons (Fsp3) is 0.316. The van der Waals surface area contributed by atoms with Gasteiger partial charge in [0.2, 0.25) is 0 Å². The Labute approximate surface area is 161 Å². The van der Waals surface area contributed by atoms with Crippen LogP contribution in [0.2, 0.25) is 5.02 Å². The van der Waals surface area contributed by atoms with Gasteiger partial charge in [0.1, 0.15) is 0 Å². The highest BCUT2D eigenvalue weighted by atomic mass is 35.5. The molecule has 1 atom stereocenters. The molecule has 0 aromatic heterocycles. The summed E-state index contributed by atoms with van der Waals surface area (Å²) in [5, 5.41) is 6.00. The highest BCUT2D eigenvalue weighted by molar-refractivity contribution is 6.31. The van der Waals surface area contributed by atoms with E-state index in [4.69, 9.17) is 16.3 Å².